The molecular weight excluding hydrogens is 413 g/mol. The highest BCUT2D eigenvalue weighted by molar-refractivity contribution is 7.89. The van der Waals surface area contributed by atoms with Gasteiger partial charge >= 0.3 is 11.9 Å². The van der Waals surface area contributed by atoms with Crippen LogP contribution in [0.4, 0.5) is 19.0 Å². The first kappa shape index (κ1) is 19.5. The van der Waals surface area contributed by atoms with Crippen LogP contribution >= 0.6 is 0 Å². The van der Waals surface area contributed by atoms with Crippen molar-refractivity contribution in [2.75, 3.05) is 18.0 Å². The first-order valence-corrected chi connectivity index (χ1v) is 9.93. The second-order valence-corrected chi connectivity index (χ2v) is 8.39. The van der Waals surface area contributed by atoms with E-state index in [4.69, 9.17) is 4.42 Å². The highest BCUT2D eigenvalue weighted by Gasteiger charge is 2.35. The molecule has 0 unspecified atom stereocenters. The lowest BCUT2D eigenvalue weighted by Crippen LogP contribution is -2.59. The van der Waals surface area contributed by atoms with E-state index in [1.165, 1.54) is 29.8 Å². The zero-order valence-electron chi connectivity index (χ0n) is 15.0. The van der Waals surface area contributed by atoms with Gasteiger partial charge in [-0.3, -0.25) is 4.57 Å². The predicted molar refractivity (Wildman–Crippen MR) is 97.0 cm³/mol. The van der Waals surface area contributed by atoms with E-state index in [2.05, 4.69) is 9.71 Å². The van der Waals surface area contributed by atoms with Crippen LogP contribution in [-0.2, 0) is 23.2 Å². The molecule has 29 heavy (non-hydrogen) atoms. The highest BCUT2D eigenvalue weighted by atomic mass is 32.2. The molecular formula is C17H15F3N4O4S. The zero-order chi connectivity index (χ0) is 21.0. The van der Waals surface area contributed by atoms with Gasteiger partial charge in [0.15, 0.2) is 5.58 Å². The van der Waals surface area contributed by atoms with Crippen molar-refractivity contribution in [2.24, 2.45) is 7.05 Å². The van der Waals surface area contributed by atoms with Crippen LogP contribution in [0.25, 0.3) is 11.1 Å². The number of rotatable bonds is 4. The normalized spacial score (nSPS) is 15.7. The minimum atomic E-state index is -4.48. The van der Waals surface area contributed by atoms with Crippen LogP contribution in [0.15, 0.2) is 50.6 Å². The Kier molecular flexibility index (Phi) is 4.42. The number of benzene rings is 1. The van der Waals surface area contributed by atoms with Crippen LogP contribution < -0.4 is 15.4 Å². The number of oxazole rings is 1. The molecule has 12 heteroatoms. The molecule has 0 bridgehead atoms. The molecule has 154 valence electrons. The number of sulfonamides is 1. The van der Waals surface area contributed by atoms with Gasteiger partial charge in [0.05, 0.1) is 22.0 Å². The fourth-order valence-corrected chi connectivity index (χ4v) is 4.31. The van der Waals surface area contributed by atoms with Gasteiger partial charge in [-0.05, 0) is 30.3 Å². The van der Waals surface area contributed by atoms with Crippen molar-refractivity contribution in [3.63, 3.8) is 0 Å². The molecule has 1 aliphatic heterocycles. The largest absolute Gasteiger partial charge is 0.419 e. The van der Waals surface area contributed by atoms with Gasteiger partial charge in [-0.2, -0.15) is 13.2 Å². The third-order valence-corrected chi connectivity index (χ3v) is 6.19. The quantitative estimate of drug-likeness (QED) is 0.680. The number of nitrogens with one attached hydrogen (secondary N) is 1. The number of pyridine rings is 1. The fourth-order valence-electron chi connectivity index (χ4n) is 3.07. The SMILES string of the molecule is Cn1c(=O)oc2ccc(S(=O)(=O)NC3CN(c4cc(C(F)(F)F)ccn4)C3)cc21. The number of hydrogen-bond donors (Lipinski definition) is 1. The number of nitrogens with zero attached hydrogens (tertiary/aromatic N) is 3. The van der Waals surface area contributed by atoms with Crippen LogP contribution in [0.3, 0.4) is 0 Å². The van der Waals surface area contributed by atoms with Gasteiger partial charge in [0.2, 0.25) is 10.0 Å². The van der Waals surface area contributed by atoms with Crippen molar-refractivity contribution >= 4 is 26.9 Å². The van der Waals surface area contributed by atoms with E-state index in [1.807, 2.05) is 0 Å². The Bertz CT molecular complexity index is 1240. The molecule has 2 aromatic heterocycles. The Morgan fingerprint density at radius 3 is 2.62 bits per heavy atom. The second kappa shape index (κ2) is 6.59. The number of anilines is 1. The van der Waals surface area contributed by atoms with Crippen molar-refractivity contribution in [3.8, 4) is 0 Å². The topological polar surface area (TPSA) is 97.4 Å². The van der Waals surface area contributed by atoms with E-state index in [9.17, 15) is 26.4 Å². The van der Waals surface area contributed by atoms with E-state index in [0.717, 1.165) is 18.3 Å². The van der Waals surface area contributed by atoms with E-state index < -0.39 is 33.6 Å². The van der Waals surface area contributed by atoms with E-state index in [1.54, 1.807) is 4.90 Å². The number of halogens is 3. The van der Waals surface area contributed by atoms with Gasteiger partial charge in [-0.25, -0.2) is 22.9 Å². The molecule has 4 rings (SSSR count). The van der Waals surface area contributed by atoms with Crippen LogP contribution in [0.1, 0.15) is 5.56 Å². The summed E-state index contributed by atoms with van der Waals surface area (Å²) in [6.07, 6.45) is -3.41. The lowest BCUT2D eigenvalue weighted by molar-refractivity contribution is -0.137. The summed E-state index contributed by atoms with van der Waals surface area (Å²) in [6, 6.07) is 5.36. The fraction of sp³-hybridized carbons (Fsp3) is 0.294. The molecule has 1 aliphatic rings. The van der Waals surface area contributed by atoms with E-state index in [0.29, 0.717) is 5.52 Å². The van der Waals surface area contributed by atoms with Gasteiger partial charge in [-0.1, -0.05) is 0 Å². The maximum Gasteiger partial charge on any atom is 0.419 e. The molecule has 0 atom stereocenters. The molecule has 1 aromatic carbocycles. The number of aromatic nitrogens is 2. The lowest BCUT2D eigenvalue weighted by Gasteiger charge is -2.40. The van der Waals surface area contributed by atoms with Crippen molar-refractivity contribution in [2.45, 2.75) is 17.1 Å². The van der Waals surface area contributed by atoms with Gasteiger partial charge in [-0.15, -0.1) is 0 Å². The number of alkyl halides is 3. The second-order valence-electron chi connectivity index (χ2n) is 6.68. The Morgan fingerprint density at radius 2 is 1.93 bits per heavy atom. The Hall–Kier alpha value is -2.86. The van der Waals surface area contributed by atoms with Crippen molar-refractivity contribution in [3.05, 3.63) is 52.6 Å². The highest BCUT2D eigenvalue weighted by Crippen LogP contribution is 2.31. The first-order valence-electron chi connectivity index (χ1n) is 8.45. The summed E-state index contributed by atoms with van der Waals surface area (Å²) in [4.78, 5) is 17.0. The van der Waals surface area contributed by atoms with Crippen molar-refractivity contribution in [1.29, 1.82) is 0 Å². The maximum absolute atomic E-state index is 12.8. The van der Waals surface area contributed by atoms with Crippen LogP contribution in [0.2, 0.25) is 0 Å². The molecule has 1 fully saturated rings. The number of hydrogen-bond acceptors (Lipinski definition) is 6. The summed E-state index contributed by atoms with van der Waals surface area (Å²) in [7, 11) is -2.43. The van der Waals surface area contributed by atoms with Crippen LogP contribution in [0.5, 0.6) is 0 Å². The molecule has 8 nitrogen and oxygen atoms in total. The molecule has 0 amide bonds. The molecule has 0 radical (unpaired) electrons. The van der Waals surface area contributed by atoms with Crippen molar-refractivity contribution in [1.82, 2.24) is 14.3 Å². The monoisotopic (exact) mass is 428 g/mol. The van der Waals surface area contributed by atoms with E-state index in [-0.39, 0.29) is 29.4 Å². The third kappa shape index (κ3) is 3.60. The molecule has 0 saturated carbocycles. The standard InChI is InChI=1S/C17H15F3N4O4S/c1-23-13-7-12(2-3-14(13)28-16(23)25)29(26,27)22-11-8-24(9-11)15-6-10(4-5-21-15)17(18,19)20/h2-7,11,22H,8-9H2,1H3. The Balaban J connectivity index is 1.47. The molecule has 1 N–H and O–H groups in total. The van der Waals surface area contributed by atoms with Crippen molar-refractivity contribution < 1.29 is 26.0 Å². The summed E-state index contributed by atoms with van der Waals surface area (Å²) in [5, 5.41) is 0. The van der Waals surface area contributed by atoms with Gasteiger partial charge < -0.3 is 9.32 Å². The third-order valence-electron chi connectivity index (χ3n) is 4.67. The summed E-state index contributed by atoms with van der Waals surface area (Å²) in [5.74, 6) is -0.476. The minimum Gasteiger partial charge on any atom is -0.408 e. The maximum atomic E-state index is 12.8. The lowest BCUT2D eigenvalue weighted by atomic mass is 10.1. The number of fused-ring (bicyclic) bond motifs is 1. The van der Waals surface area contributed by atoms with Crippen LogP contribution in [0, 0.1) is 0 Å². The summed E-state index contributed by atoms with van der Waals surface area (Å²) in [6.45, 7) is 0.361. The Morgan fingerprint density at radius 1 is 1.21 bits per heavy atom. The molecule has 0 aliphatic carbocycles. The Labute approximate surface area is 162 Å². The number of aryl methyl sites for hydroxylation is 1. The average molecular weight is 428 g/mol. The molecule has 3 heterocycles. The first-order chi connectivity index (χ1) is 13.5. The van der Waals surface area contributed by atoms with E-state index >= 15 is 0 Å². The molecule has 0 spiro atoms. The average Bonchev–Trinajstić information content (AvgIpc) is 2.91. The molecule has 1 saturated heterocycles. The van der Waals surface area contributed by atoms with Gasteiger partial charge in [0, 0.05) is 26.3 Å². The van der Waals surface area contributed by atoms with Gasteiger partial charge in [0.25, 0.3) is 0 Å². The summed E-state index contributed by atoms with van der Waals surface area (Å²) < 4.78 is 72.3. The van der Waals surface area contributed by atoms with Crippen LogP contribution in [-0.4, -0.2) is 37.1 Å². The summed E-state index contributed by atoms with van der Waals surface area (Å²) in [5.41, 5.74) is -0.214. The zero-order valence-corrected chi connectivity index (χ0v) is 15.8. The predicted octanol–water partition coefficient (Wildman–Crippen LogP) is 1.71. The summed E-state index contributed by atoms with van der Waals surface area (Å²) >= 11 is 0. The van der Waals surface area contributed by atoms with Gasteiger partial charge in [0.1, 0.15) is 5.82 Å². The smallest absolute Gasteiger partial charge is 0.408 e. The molecule has 3 aromatic rings. The minimum absolute atomic E-state index is 0.0444.